The van der Waals surface area contributed by atoms with Crippen molar-refractivity contribution in [3.63, 3.8) is 0 Å². The maximum atomic E-state index is 11.2. The second-order valence-corrected chi connectivity index (χ2v) is 6.57. The summed E-state index contributed by atoms with van der Waals surface area (Å²) in [5.41, 5.74) is 11.0. The van der Waals surface area contributed by atoms with Gasteiger partial charge in [-0.3, -0.25) is 4.79 Å². The first kappa shape index (κ1) is 16.5. The second-order valence-electron chi connectivity index (χ2n) is 6.57. The maximum Gasteiger partial charge on any atom is 0.248 e. The summed E-state index contributed by atoms with van der Waals surface area (Å²) in [5.74, 6) is -0.421. The van der Waals surface area contributed by atoms with Gasteiger partial charge in [0.15, 0.2) is 0 Å². The zero-order valence-electron chi connectivity index (χ0n) is 14.7. The van der Waals surface area contributed by atoms with E-state index in [4.69, 9.17) is 15.5 Å². The second kappa shape index (κ2) is 6.77. The van der Waals surface area contributed by atoms with Gasteiger partial charge in [0.1, 0.15) is 0 Å². The van der Waals surface area contributed by atoms with Crippen molar-refractivity contribution < 1.29 is 9.53 Å². The summed E-state index contributed by atoms with van der Waals surface area (Å²) in [5, 5.41) is 1.16. The van der Waals surface area contributed by atoms with E-state index >= 15 is 0 Å². The molecular formula is C21H21N3O2. The van der Waals surface area contributed by atoms with Crippen molar-refractivity contribution in [2.45, 2.75) is 6.92 Å². The number of fused-ring (bicyclic) bond motifs is 1. The van der Waals surface area contributed by atoms with Crippen LogP contribution in [0.2, 0.25) is 0 Å². The third kappa shape index (κ3) is 3.13. The number of amides is 1. The summed E-state index contributed by atoms with van der Waals surface area (Å²) in [6, 6.07) is 15.7. The summed E-state index contributed by atoms with van der Waals surface area (Å²) in [6.45, 7) is 5.49. The number of pyridine rings is 1. The molecular weight excluding hydrogens is 326 g/mol. The number of hydrogen-bond donors (Lipinski definition) is 1. The lowest BCUT2D eigenvalue weighted by atomic mass is 10.0. The summed E-state index contributed by atoms with van der Waals surface area (Å²) in [6.07, 6.45) is 0. The predicted molar refractivity (Wildman–Crippen MR) is 103 cm³/mol. The summed E-state index contributed by atoms with van der Waals surface area (Å²) < 4.78 is 5.44. The minimum atomic E-state index is -0.421. The van der Waals surface area contributed by atoms with Gasteiger partial charge >= 0.3 is 0 Å². The summed E-state index contributed by atoms with van der Waals surface area (Å²) in [4.78, 5) is 18.4. The zero-order valence-corrected chi connectivity index (χ0v) is 14.7. The van der Waals surface area contributed by atoms with E-state index in [2.05, 4.69) is 36.1 Å². The number of ether oxygens (including phenoxy) is 1. The minimum Gasteiger partial charge on any atom is -0.378 e. The lowest BCUT2D eigenvalue weighted by molar-refractivity contribution is 0.100. The van der Waals surface area contributed by atoms with E-state index in [-0.39, 0.29) is 0 Å². The van der Waals surface area contributed by atoms with Crippen LogP contribution in [0.25, 0.3) is 22.2 Å². The number of carbonyl (C=O) groups is 1. The Morgan fingerprint density at radius 1 is 1.08 bits per heavy atom. The molecule has 2 aromatic carbocycles. The molecule has 1 aromatic heterocycles. The molecule has 1 fully saturated rings. The van der Waals surface area contributed by atoms with E-state index in [1.807, 2.05) is 12.1 Å². The quantitative estimate of drug-likeness (QED) is 0.790. The molecule has 1 aliphatic heterocycles. The van der Waals surface area contributed by atoms with Crippen molar-refractivity contribution in [2.24, 2.45) is 5.73 Å². The Labute approximate surface area is 152 Å². The van der Waals surface area contributed by atoms with Gasteiger partial charge in [0.2, 0.25) is 5.91 Å². The van der Waals surface area contributed by atoms with Crippen LogP contribution in [0.15, 0.2) is 48.5 Å². The normalized spacial score (nSPS) is 14.6. The minimum absolute atomic E-state index is 0.421. The van der Waals surface area contributed by atoms with Crippen LogP contribution in [-0.2, 0) is 4.74 Å². The Balaban J connectivity index is 1.71. The van der Waals surface area contributed by atoms with Crippen LogP contribution in [0, 0.1) is 6.92 Å². The summed E-state index contributed by atoms with van der Waals surface area (Å²) >= 11 is 0. The Hall–Kier alpha value is -2.92. The Morgan fingerprint density at radius 2 is 1.81 bits per heavy atom. The molecule has 0 spiro atoms. The molecule has 5 nitrogen and oxygen atoms in total. The number of nitrogens with zero attached hydrogens (tertiary/aromatic N) is 2. The number of anilines is 1. The van der Waals surface area contributed by atoms with E-state index in [0.29, 0.717) is 5.56 Å². The Morgan fingerprint density at radius 3 is 2.50 bits per heavy atom. The Kier molecular flexibility index (Phi) is 4.31. The number of carbonyl (C=O) groups excluding carboxylic acids is 1. The average molecular weight is 347 g/mol. The summed E-state index contributed by atoms with van der Waals surface area (Å²) in [7, 11) is 0. The molecule has 0 bridgehead atoms. The van der Waals surface area contributed by atoms with Crippen LogP contribution in [0.1, 0.15) is 15.9 Å². The molecule has 1 saturated heterocycles. The third-order valence-corrected chi connectivity index (χ3v) is 4.84. The fourth-order valence-electron chi connectivity index (χ4n) is 3.35. The maximum absolute atomic E-state index is 11.2. The first-order valence-corrected chi connectivity index (χ1v) is 8.76. The molecule has 2 heterocycles. The predicted octanol–water partition coefficient (Wildman–Crippen LogP) is 3.15. The molecule has 132 valence electrons. The third-order valence-electron chi connectivity index (χ3n) is 4.84. The van der Waals surface area contributed by atoms with Crippen molar-refractivity contribution in [2.75, 3.05) is 31.2 Å². The zero-order chi connectivity index (χ0) is 18.1. The number of primary amides is 1. The molecule has 1 amide bonds. The smallest absolute Gasteiger partial charge is 0.248 e. The van der Waals surface area contributed by atoms with E-state index in [1.54, 1.807) is 12.1 Å². The highest BCUT2D eigenvalue weighted by Gasteiger charge is 2.13. The molecule has 2 N–H and O–H groups in total. The fraction of sp³-hybridized carbons (Fsp3) is 0.238. The SMILES string of the molecule is Cc1cc(-c2ccc(C(N)=O)cc2)nc2ccc(N3CCOCC3)cc12. The van der Waals surface area contributed by atoms with E-state index in [0.717, 1.165) is 48.5 Å². The van der Waals surface area contributed by atoms with Gasteiger partial charge in [-0.1, -0.05) is 12.1 Å². The molecule has 0 saturated carbocycles. The number of morpholine rings is 1. The van der Waals surface area contributed by atoms with Gasteiger partial charge in [0.25, 0.3) is 0 Å². The van der Waals surface area contributed by atoms with Gasteiger partial charge < -0.3 is 15.4 Å². The van der Waals surface area contributed by atoms with Gasteiger partial charge in [-0.2, -0.15) is 0 Å². The number of rotatable bonds is 3. The molecule has 3 aromatic rings. The monoisotopic (exact) mass is 347 g/mol. The Bertz CT molecular complexity index is 961. The fourth-order valence-corrected chi connectivity index (χ4v) is 3.35. The highest BCUT2D eigenvalue weighted by Crippen LogP contribution is 2.28. The van der Waals surface area contributed by atoms with Crippen LogP contribution in [0.3, 0.4) is 0 Å². The number of aromatic nitrogens is 1. The number of aryl methyl sites for hydroxylation is 1. The van der Waals surface area contributed by atoms with Gasteiger partial charge in [0, 0.05) is 35.3 Å². The molecule has 0 radical (unpaired) electrons. The van der Waals surface area contributed by atoms with Crippen molar-refractivity contribution in [1.82, 2.24) is 4.98 Å². The largest absolute Gasteiger partial charge is 0.378 e. The van der Waals surface area contributed by atoms with Crippen molar-refractivity contribution in [3.05, 3.63) is 59.7 Å². The van der Waals surface area contributed by atoms with E-state index in [1.165, 1.54) is 11.3 Å². The first-order valence-electron chi connectivity index (χ1n) is 8.76. The molecule has 0 aliphatic carbocycles. The van der Waals surface area contributed by atoms with Gasteiger partial charge in [0.05, 0.1) is 24.4 Å². The lowest BCUT2D eigenvalue weighted by Gasteiger charge is -2.29. The molecule has 0 unspecified atom stereocenters. The van der Waals surface area contributed by atoms with Crippen molar-refractivity contribution in [1.29, 1.82) is 0 Å². The lowest BCUT2D eigenvalue weighted by Crippen LogP contribution is -2.36. The average Bonchev–Trinajstić information content (AvgIpc) is 2.68. The standard InChI is InChI=1S/C21H21N3O2/c1-14-12-20(15-2-4-16(5-3-15)21(22)25)23-19-7-6-17(13-18(14)19)24-8-10-26-11-9-24/h2-7,12-13H,8-11H2,1H3,(H2,22,25). The van der Waals surface area contributed by atoms with Gasteiger partial charge in [-0.25, -0.2) is 4.98 Å². The number of benzene rings is 2. The molecule has 1 aliphatic rings. The van der Waals surface area contributed by atoms with Gasteiger partial charge in [-0.15, -0.1) is 0 Å². The number of hydrogen-bond acceptors (Lipinski definition) is 4. The van der Waals surface area contributed by atoms with E-state index in [9.17, 15) is 4.79 Å². The first-order chi connectivity index (χ1) is 12.6. The van der Waals surface area contributed by atoms with Crippen LogP contribution < -0.4 is 10.6 Å². The van der Waals surface area contributed by atoms with Gasteiger partial charge in [-0.05, 0) is 48.9 Å². The molecule has 26 heavy (non-hydrogen) atoms. The van der Waals surface area contributed by atoms with Crippen molar-refractivity contribution >= 4 is 22.5 Å². The molecule has 5 heteroatoms. The number of nitrogens with two attached hydrogens (primary N) is 1. The van der Waals surface area contributed by atoms with E-state index < -0.39 is 5.91 Å². The highest BCUT2D eigenvalue weighted by atomic mass is 16.5. The van der Waals surface area contributed by atoms with Crippen LogP contribution in [-0.4, -0.2) is 37.2 Å². The van der Waals surface area contributed by atoms with Crippen LogP contribution in [0.5, 0.6) is 0 Å². The topological polar surface area (TPSA) is 68.5 Å². The van der Waals surface area contributed by atoms with Crippen molar-refractivity contribution in [3.8, 4) is 11.3 Å². The van der Waals surface area contributed by atoms with Crippen LogP contribution >= 0.6 is 0 Å². The molecule has 4 rings (SSSR count). The van der Waals surface area contributed by atoms with Crippen LogP contribution in [0.4, 0.5) is 5.69 Å². The molecule has 0 atom stereocenters. The highest BCUT2D eigenvalue weighted by molar-refractivity contribution is 5.93.